The first-order valence-corrected chi connectivity index (χ1v) is 8.10. The van der Waals surface area contributed by atoms with E-state index in [0.29, 0.717) is 10.5 Å². The minimum atomic E-state index is -4.43. The van der Waals surface area contributed by atoms with Gasteiger partial charge in [-0.05, 0) is 37.8 Å². The second-order valence-electron chi connectivity index (χ2n) is 5.77. The third-order valence-corrected chi connectivity index (χ3v) is 5.87. The molecule has 3 rings (SSSR count). The van der Waals surface area contributed by atoms with Gasteiger partial charge < -0.3 is 0 Å². The number of pyridine rings is 1. The maximum absolute atomic E-state index is 12.7. The number of ketones is 1. The summed E-state index contributed by atoms with van der Waals surface area (Å²) in [5, 5.41) is 0.967. The number of halogens is 3. The molecule has 2 aliphatic rings. The number of rotatable bonds is 2. The molecule has 21 heavy (non-hydrogen) atoms. The van der Waals surface area contributed by atoms with Crippen molar-refractivity contribution < 1.29 is 18.0 Å². The van der Waals surface area contributed by atoms with Gasteiger partial charge in [-0.2, -0.15) is 24.9 Å². The quantitative estimate of drug-likeness (QED) is 0.760. The number of carbonyl (C=O) groups is 1. The minimum Gasteiger partial charge on any atom is -0.292 e. The highest BCUT2D eigenvalue weighted by atomic mass is 32.2. The van der Waals surface area contributed by atoms with Crippen LogP contribution in [-0.4, -0.2) is 21.3 Å². The third kappa shape index (κ3) is 3.25. The second kappa shape index (κ2) is 5.63. The van der Waals surface area contributed by atoms with Crippen LogP contribution < -0.4 is 0 Å². The van der Waals surface area contributed by atoms with E-state index in [1.165, 1.54) is 6.42 Å². The summed E-state index contributed by atoms with van der Waals surface area (Å²) in [6.07, 6.45) is 1.62. The summed E-state index contributed by atoms with van der Waals surface area (Å²) in [6, 6.07) is 1.79. The van der Waals surface area contributed by atoms with Gasteiger partial charge in [0.1, 0.15) is 5.69 Å². The van der Waals surface area contributed by atoms with Gasteiger partial charge in [-0.3, -0.25) is 9.78 Å². The second-order valence-corrected chi connectivity index (χ2v) is 7.38. The predicted octanol–water partition coefficient (Wildman–Crippen LogP) is 4.35. The van der Waals surface area contributed by atoms with Crippen LogP contribution in [0, 0.1) is 5.92 Å². The number of aromatic nitrogens is 1. The molecule has 6 heteroatoms. The Bertz CT molecular complexity index is 534. The Balaban J connectivity index is 1.79. The van der Waals surface area contributed by atoms with Crippen molar-refractivity contribution >= 4 is 17.5 Å². The number of nitrogens with zero attached hydrogens (tertiary/aromatic N) is 1. The Hall–Kier alpha value is -1.04. The molecule has 0 amide bonds. The predicted molar refractivity (Wildman–Crippen MR) is 75.3 cm³/mol. The summed E-state index contributed by atoms with van der Waals surface area (Å²) < 4.78 is 38.2. The SMILES string of the molecule is O=C(c1cc(C(F)(F)F)ccn1)C1CC2CCCC(C1)S2. The number of alkyl halides is 3. The topological polar surface area (TPSA) is 30.0 Å². The molecular formula is C15H16F3NOS. The summed E-state index contributed by atoms with van der Waals surface area (Å²) in [6.45, 7) is 0. The highest BCUT2D eigenvalue weighted by Crippen LogP contribution is 2.44. The van der Waals surface area contributed by atoms with Crippen LogP contribution in [0.2, 0.25) is 0 Å². The monoisotopic (exact) mass is 315 g/mol. The molecule has 0 spiro atoms. The van der Waals surface area contributed by atoms with Crippen molar-refractivity contribution in [1.82, 2.24) is 4.98 Å². The minimum absolute atomic E-state index is 0.0419. The Morgan fingerprint density at radius 1 is 1.24 bits per heavy atom. The first kappa shape index (κ1) is 14.9. The van der Waals surface area contributed by atoms with Gasteiger partial charge in [0.25, 0.3) is 0 Å². The molecule has 2 unspecified atom stereocenters. The van der Waals surface area contributed by atoms with E-state index in [-0.39, 0.29) is 17.4 Å². The van der Waals surface area contributed by atoms with E-state index in [0.717, 1.165) is 44.0 Å². The Labute approximate surface area is 125 Å². The van der Waals surface area contributed by atoms with E-state index in [4.69, 9.17) is 0 Å². The van der Waals surface area contributed by atoms with Crippen LogP contribution >= 0.6 is 11.8 Å². The summed E-state index contributed by atoms with van der Waals surface area (Å²) in [4.78, 5) is 16.3. The fourth-order valence-corrected chi connectivity index (χ4v) is 5.06. The van der Waals surface area contributed by atoms with E-state index >= 15 is 0 Å². The average molecular weight is 315 g/mol. The molecule has 3 heterocycles. The Kier molecular flexibility index (Phi) is 3.99. The van der Waals surface area contributed by atoms with Crippen LogP contribution in [0.5, 0.6) is 0 Å². The van der Waals surface area contributed by atoms with E-state index in [2.05, 4.69) is 4.98 Å². The molecule has 2 fully saturated rings. The Morgan fingerprint density at radius 3 is 2.52 bits per heavy atom. The summed E-state index contributed by atoms with van der Waals surface area (Å²) in [7, 11) is 0. The van der Waals surface area contributed by atoms with Crippen LogP contribution in [0.3, 0.4) is 0 Å². The van der Waals surface area contributed by atoms with Crippen molar-refractivity contribution in [3.05, 3.63) is 29.6 Å². The van der Waals surface area contributed by atoms with Gasteiger partial charge in [0, 0.05) is 22.6 Å². The number of fused-ring (bicyclic) bond motifs is 2. The number of carbonyl (C=O) groups excluding carboxylic acids is 1. The summed E-state index contributed by atoms with van der Waals surface area (Å²) in [5.74, 6) is -0.393. The molecule has 2 atom stereocenters. The number of hydrogen-bond acceptors (Lipinski definition) is 3. The zero-order valence-electron chi connectivity index (χ0n) is 11.4. The molecule has 2 bridgehead atoms. The van der Waals surface area contributed by atoms with Crippen molar-refractivity contribution in [3.63, 3.8) is 0 Å². The van der Waals surface area contributed by atoms with Crippen LogP contribution in [0.15, 0.2) is 18.3 Å². The highest BCUT2D eigenvalue weighted by Gasteiger charge is 2.37. The first-order valence-electron chi connectivity index (χ1n) is 7.16. The molecule has 0 aromatic carbocycles. The lowest BCUT2D eigenvalue weighted by Crippen LogP contribution is -2.33. The van der Waals surface area contributed by atoms with Crippen molar-refractivity contribution in [2.75, 3.05) is 0 Å². The standard InChI is InChI=1S/C15H16F3NOS/c16-15(17,18)10-4-5-19-13(8-10)14(20)9-6-11-2-1-3-12(7-9)21-11/h4-5,8-9,11-12H,1-3,6-7H2. The summed E-state index contributed by atoms with van der Waals surface area (Å²) in [5.41, 5.74) is -0.842. The van der Waals surface area contributed by atoms with Crippen LogP contribution in [0.25, 0.3) is 0 Å². The van der Waals surface area contributed by atoms with Crippen LogP contribution in [-0.2, 0) is 6.18 Å². The smallest absolute Gasteiger partial charge is 0.292 e. The molecule has 0 aliphatic carbocycles. The van der Waals surface area contributed by atoms with Gasteiger partial charge >= 0.3 is 6.18 Å². The third-order valence-electron chi connectivity index (χ3n) is 4.24. The van der Waals surface area contributed by atoms with E-state index in [1.807, 2.05) is 11.8 Å². The fourth-order valence-electron chi connectivity index (χ4n) is 3.22. The number of hydrogen-bond donors (Lipinski definition) is 0. The Morgan fingerprint density at radius 2 is 1.90 bits per heavy atom. The average Bonchev–Trinajstić information content (AvgIpc) is 2.45. The number of Topliss-reactive ketones (excluding diaryl/α,β-unsaturated/α-hetero) is 1. The molecule has 0 radical (unpaired) electrons. The van der Waals surface area contributed by atoms with Crippen LogP contribution in [0.1, 0.15) is 48.2 Å². The van der Waals surface area contributed by atoms with Gasteiger partial charge in [-0.15, -0.1) is 0 Å². The largest absolute Gasteiger partial charge is 0.416 e. The zero-order chi connectivity index (χ0) is 15.0. The maximum atomic E-state index is 12.7. The molecule has 1 aromatic heterocycles. The van der Waals surface area contributed by atoms with E-state index < -0.39 is 11.7 Å². The molecule has 2 aliphatic heterocycles. The zero-order valence-corrected chi connectivity index (χ0v) is 12.2. The lowest BCUT2D eigenvalue weighted by atomic mass is 9.85. The van der Waals surface area contributed by atoms with Crippen molar-refractivity contribution in [2.24, 2.45) is 5.92 Å². The molecule has 0 saturated carbocycles. The van der Waals surface area contributed by atoms with Gasteiger partial charge in [0.15, 0.2) is 5.78 Å². The molecule has 2 saturated heterocycles. The fraction of sp³-hybridized carbons (Fsp3) is 0.600. The first-order chi connectivity index (χ1) is 9.93. The molecule has 114 valence electrons. The van der Waals surface area contributed by atoms with E-state index in [9.17, 15) is 18.0 Å². The molecular weight excluding hydrogens is 299 g/mol. The van der Waals surface area contributed by atoms with Crippen LogP contribution in [0.4, 0.5) is 13.2 Å². The van der Waals surface area contributed by atoms with Crippen molar-refractivity contribution in [1.29, 1.82) is 0 Å². The van der Waals surface area contributed by atoms with Crippen molar-refractivity contribution in [2.45, 2.75) is 48.8 Å². The summed E-state index contributed by atoms with van der Waals surface area (Å²) >= 11 is 1.94. The van der Waals surface area contributed by atoms with Gasteiger partial charge in [0.05, 0.1) is 5.56 Å². The lowest BCUT2D eigenvalue weighted by Gasteiger charge is -2.37. The molecule has 1 aromatic rings. The maximum Gasteiger partial charge on any atom is 0.416 e. The molecule has 0 N–H and O–H groups in total. The molecule has 2 nitrogen and oxygen atoms in total. The van der Waals surface area contributed by atoms with Gasteiger partial charge in [-0.1, -0.05) is 6.42 Å². The highest BCUT2D eigenvalue weighted by molar-refractivity contribution is 8.00. The normalized spacial score (nSPS) is 29.2. The van der Waals surface area contributed by atoms with Gasteiger partial charge in [-0.25, -0.2) is 0 Å². The van der Waals surface area contributed by atoms with Crippen molar-refractivity contribution in [3.8, 4) is 0 Å². The lowest BCUT2D eigenvalue weighted by molar-refractivity contribution is -0.137. The van der Waals surface area contributed by atoms with E-state index in [1.54, 1.807) is 0 Å². The van der Waals surface area contributed by atoms with Gasteiger partial charge in [0.2, 0.25) is 0 Å². The number of thioether (sulfide) groups is 1.